The van der Waals surface area contributed by atoms with Crippen LogP contribution in [0, 0.1) is 6.92 Å². The molecule has 1 saturated carbocycles. The number of nitrogens with zero attached hydrogens (tertiary/aromatic N) is 2. The van der Waals surface area contributed by atoms with Gasteiger partial charge in [0.25, 0.3) is 5.56 Å². The molecule has 2 aliphatic rings. The van der Waals surface area contributed by atoms with Gasteiger partial charge in [-0.25, -0.2) is 4.98 Å². The van der Waals surface area contributed by atoms with E-state index in [2.05, 4.69) is 23.5 Å². The summed E-state index contributed by atoms with van der Waals surface area (Å²) in [5.74, 6) is 0.500. The van der Waals surface area contributed by atoms with Gasteiger partial charge in [0.15, 0.2) is 5.16 Å². The predicted molar refractivity (Wildman–Crippen MR) is 156 cm³/mol. The van der Waals surface area contributed by atoms with Crippen molar-refractivity contribution in [3.8, 4) is 22.7 Å². The summed E-state index contributed by atoms with van der Waals surface area (Å²) in [5, 5.41) is 3.45. The zero-order valence-corrected chi connectivity index (χ0v) is 23.0. The number of amides is 1. The Morgan fingerprint density at radius 3 is 2.62 bits per heavy atom. The van der Waals surface area contributed by atoms with Gasteiger partial charge in [0.1, 0.15) is 5.75 Å². The summed E-state index contributed by atoms with van der Waals surface area (Å²) in [4.78, 5) is 32.7. The molecule has 1 N–H and O–H groups in total. The number of aromatic nitrogens is 2. The first kappa shape index (κ1) is 25.4. The van der Waals surface area contributed by atoms with E-state index < -0.39 is 0 Å². The minimum atomic E-state index is -0.195. The molecule has 0 saturated heterocycles. The van der Waals surface area contributed by atoms with Gasteiger partial charge in [-0.05, 0) is 61.6 Å². The fraction of sp³-hybridized carbons (Fsp3) is 0.281. The van der Waals surface area contributed by atoms with Gasteiger partial charge in [0.2, 0.25) is 5.91 Å². The number of anilines is 1. The van der Waals surface area contributed by atoms with Crippen molar-refractivity contribution in [3.63, 3.8) is 0 Å². The minimum Gasteiger partial charge on any atom is -0.495 e. The fourth-order valence-electron chi connectivity index (χ4n) is 6.17. The molecule has 0 radical (unpaired) electrons. The number of hydrogen-bond acceptors (Lipinski definition) is 5. The van der Waals surface area contributed by atoms with Crippen molar-refractivity contribution in [3.05, 3.63) is 99.8 Å². The third-order valence-electron chi connectivity index (χ3n) is 7.92. The molecule has 7 heteroatoms. The lowest BCUT2D eigenvalue weighted by molar-refractivity contribution is -0.113. The Morgan fingerprint density at radius 1 is 1.05 bits per heavy atom. The number of thioether (sulfide) groups is 1. The van der Waals surface area contributed by atoms with Crippen molar-refractivity contribution < 1.29 is 9.53 Å². The molecule has 6 rings (SSSR count). The Morgan fingerprint density at radius 2 is 1.82 bits per heavy atom. The Hall–Kier alpha value is -3.84. The lowest BCUT2D eigenvalue weighted by Crippen LogP contribution is -2.40. The zero-order valence-electron chi connectivity index (χ0n) is 22.2. The molecule has 1 fully saturated rings. The molecule has 1 amide bonds. The van der Waals surface area contributed by atoms with Crippen LogP contribution in [0.5, 0.6) is 5.75 Å². The molecule has 3 aromatic carbocycles. The van der Waals surface area contributed by atoms with Crippen LogP contribution in [0.1, 0.15) is 42.4 Å². The predicted octanol–water partition coefficient (Wildman–Crippen LogP) is 6.32. The second-order valence-corrected chi connectivity index (χ2v) is 11.4. The van der Waals surface area contributed by atoms with Crippen molar-refractivity contribution in [1.29, 1.82) is 0 Å². The van der Waals surface area contributed by atoms with Gasteiger partial charge in [-0.1, -0.05) is 73.1 Å². The van der Waals surface area contributed by atoms with Gasteiger partial charge in [0.05, 0.1) is 35.5 Å². The van der Waals surface area contributed by atoms with Gasteiger partial charge in [-0.15, -0.1) is 0 Å². The van der Waals surface area contributed by atoms with Gasteiger partial charge < -0.3 is 10.1 Å². The molecule has 2 aliphatic carbocycles. The molecule has 6 nitrogen and oxygen atoms in total. The molecule has 1 aromatic heterocycles. The summed E-state index contributed by atoms with van der Waals surface area (Å²) in [6.45, 7) is 2.02. The summed E-state index contributed by atoms with van der Waals surface area (Å²) >= 11 is 1.28. The molecule has 198 valence electrons. The number of carbonyl (C=O) groups excluding carboxylic acids is 1. The number of hydrogen-bond donors (Lipinski definition) is 1. The molecule has 0 atom stereocenters. The second kappa shape index (κ2) is 10.4. The first-order chi connectivity index (χ1) is 19.0. The molecule has 0 aliphatic heterocycles. The Balaban J connectivity index is 1.46. The summed E-state index contributed by atoms with van der Waals surface area (Å²) < 4.78 is 7.10. The van der Waals surface area contributed by atoms with E-state index in [1.54, 1.807) is 23.8 Å². The number of methoxy groups -OCH3 is 1. The number of aryl methyl sites for hydroxylation is 1. The number of para-hydroxylation sites is 2. The first-order valence-corrected chi connectivity index (χ1v) is 14.4. The Bertz CT molecular complexity index is 1620. The number of ether oxygens (including phenoxy) is 1. The van der Waals surface area contributed by atoms with E-state index in [-0.39, 0.29) is 22.6 Å². The lowest BCUT2D eigenvalue weighted by Gasteiger charge is -2.36. The first-order valence-electron chi connectivity index (χ1n) is 13.4. The average Bonchev–Trinajstić information content (AvgIpc) is 3.40. The van der Waals surface area contributed by atoms with Crippen molar-refractivity contribution in [2.45, 2.75) is 49.6 Å². The SMILES string of the molecule is COc1ccccc1NC(=O)CSc1nc2c(c(=O)n1-c1cccc(C)c1)C1(CCCC1)Cc1ccccc1-2. The van der Waals surface area contributed by atoms with Crippen LogP contribution in [-0.4, -0.2) is 28.3 Å². The Labute approximate surface area is 232 Å². The highest BCUT2D eigenvalue weighted by Crippen LogP contribution is 2.50. The van der Waals surface area contributed by atoms with Crippen LogP contribution in [0.25, 0.3) is 16.9 Å². The highest BCUT2D eigenvalue weighted by Gasteiger charge is 2.44. The minimum absolute atomic E-state index is 0.0189. The largest absolute Gasteiger partial charge is 0.495 e. The molecular formula is C32H31N3O3S. The quantitative estimate of drug-likeness (QED) is 0.230. The summed E-state index contributed by atoms with van der Waals surface area (Å²) in [7, 11) is 1.58. The number of benzene rings is 3. The van der Waals surface area contributed by atoms with E-state index in [4.69, 9.17) is 9.72 Å². The van der Waals surface area contributed by atoms with Crippen molar-refractivity contribution in [2.75, 3.05) is 18.2 Å². The number of fused-ring (bicyclic) bond motifs is 4. The fourth-order valence-corrected chi connectivity index (χ4v) is 6.97. The number of carbonyl (C=O) groups is 1. The van der Waals surface area contributed by atoms with Crippen LogP contribution in [0.2, 0.25) is 0 Å². The molecule has 0 unspecified atom stereocenters. The standard InChI is InChI=1S/C32H31N3O3S/c1-21-10-9-12-23(18-21)35-30(37)28-29(24-13-4-3-11-22(24)19-32(28)16-7-8-17-32)34-31(35)39-20-27(36)33-25-14-5-6-15-26(25)38-2/h3-6,9-15,18H,7-8,16-17,19-20H2,1-2H3,(H,33,36). The van der Waals surface area contributed by atoms with Gasteiger partial charge >= 0.3 is 0 Å². The third-order valence-corrected chi connectivity index (χ3v) is 8.86. The van der Waals surface area contributed by atoms with E-state index in [1.165, 1.54) is 17.3 Å². The van der Waals surface area contributed by atoms with E-state index >= 15 is 0 Å². The normalized spacial score (nSPS) is 15.0. The van der Waals surface area contributed by atoms with E-state index in [9.17, 15) is 9.59 Å². The maximum absolute atomic E-state index is 14.5. The third kappa shape index (κ3) is 4.65. The maximum Gasteiger partial charge on any atom is 0.263 e. The van der Waals surface area contributed by atoms with Crippen LogP contribution in [0.3, 0.4) is 0 Å². The number of nitrogens with one attached hydrogen (secondary N) is 1. The maximum atomic E-state index is 14.5. The topological polar surface area (TPSA) is 73.2 Å². The summed E-state index contributed by atoms with van der Waals surface area (Å²) in [6, 6.07) is 23.6. The van der Waals surface area contributed by atoms with Crippen LogP contribution in [0.15, 0.2) is 82.7 Å². The van der Waals surface area contributed by atoms with Crippen LogP contribution >= 0.6 is 11.8 Å². The second-order valence-electron chi connectivity index (χ2n) is 10.5. The van der Waals surface area contributed by atoms with Crippen LogP contribution < -0.4 is 15.6 Å². The summed E-state index contributed by atoms with van der Waals surface area (Å²) in [5.41, 5.74) is 6.12. The van der Waals surface area contributed by atoms with Crippen molar-refractivity contribution in [1.82, 2.24) is 9.55 Å². The monoisotopic (exact) mass is 537 g/mol. The smallest absolute Gasteiger partial charge is 0.263 e. The molecular weight excluding hydrogens is 506 g/mol. The van der Waals surface area contributed by atoms with Crippen LogP contribution in [-0.2, 0) is 16.6 Å². The molecule has 39 heavy (non-hydrogen) atoms. The molecule has 1 spiro atoms. The van der Waals surface area contributed by atoms with Crippen molar-refractivity contribution >= 4 is 23.4 Å². The van der Waals surface area contributed by atoms with Gasteiger partial charge in [-0.3, -0.25) is 14.2 Å². The molecule has 0 bridgehead atoms. The molecule has 4 aromatic rings. The van der Waals surface area contributed by atoms with Crippen molar-refractivity contribution in [2.24, 2.45) is 0 Å². The van der Waals surface area contributed by atoms with Gasteiger partial charge in [0, 0.05) is 11.0 Å². The highest BCUT2D eigenvalue weighted by atomic mass is 32.2. The Kier molecular flexibility index (Phi) is 6.77. The zero-order chi connectivity index (χ0) is 27.0. The van der Waals surface area contributed by atoms with E-state index in [0.717, 1.165) is 60.2 Å². The molecule has 1 heterocycles. The number of rotatable bonds is 6. The van der Waals surface area contributed by atoms with E-state index in [0.29, 0.717) is 16.6 Å². The highest BCUT2D eigenvalue weighted by molar-refractivity contribution is 7.99. The van der Waals surface area contributed by atoms with Gasteiger partial charge in [-0.2, -0.15) is 0 Å². The van der Waals surface area contributed by atoms with Crippen LogP contribution in [0.4, 0.5) is 5.69 Å². The average molecular weight is 538 g/mol. The van der Waals surface area contributed by atoms with E-state index in [1.807, 2.05) is 49.4 Å². The lowest BCUT2D eigenvalue weighted by atomic mass is 9.68. The summed E-state index contributed by atoms with van der Waals surface area (Å²) in [6.07, 6.45) is 5.09.